The van der Waals surface area contributed by atoms with Gasteiger partial charge >= 0.3 is 0 Å². The minimum Gasteiger partial charge on any atom is -0.456 e. The maximum absolute atomic E-state index is 6.23. The summed E-state index contributed by atoms with van der Waals surface area (Å²) >= 11 is 0. The van der Waals surface area contributed by atoms with Crippen LogP contribution in [0.5, 0.6) is 0 Å². The lowest BCUT2D eigenvalue weighted by Crippen LogP contribution is -2.04. The van der Waals surface area contributed by atoms with E-state index in [1.165, 1.54) is 37.8 Å². The lowest BCUT2D eigenvalue weighted by atomic mass is 9.92. The molecule has 0 saturated carbocycles. The number of benzene rings is 10. The van der Waals surface area contributed by atoms with Gasteiger partial charge in [0, 0.05) is 49.2 Å². The van der Waals surface area contributed by atoms with Gasteiger partial charge in [0.15, 0.2) is 17.5 Å². The normalized spacial score (nSPS) is 11.8. The average Bonchev–Trinajstić information content (AvgIpc) is 3.91. The molecule has 5 heteroatoms. The smallest absolute Gasteiger partial charge is 0.164 e. The Morgan fingerprint density at radius 1 is 0.312 bits per heavy atom. The molecule has 3 aromatic heterocycles. The van der Waals surface area contributed by atoms with E-state index in [0.29, 0.717) is 17.5 Å². The van der Waals surface area contributed by atoms with Gasteiger partial charge in [-0.1, -0.05) is 170 Å². The van der Waals surface area contributed by atoms with Crippen LogP contribution >= 0.6 is 0 Å². The fourth-order valence-electron chi connectivity index (χ4n) is 9.58. The van der Waals surface area contributed by atoms with Crippen molar-refractivity contribution in [2.45, 2.75) is 0 Å². The summed E-state index contributed by atoms with van der Waals surface area (Å²) in [6.45, 7) is 0. The third kappa shape index (κ3) is 5.83. The maximum atomic E-state index is 6.23. The quantitative estimate of drug-likeness (QED) is 0.168. The van der Waals surface area contributed by atoms with Gasteiger partial charge in [-0.05, 0) is 81.4 Å². The molecule has 0 unspecified atom stereocenters. The van der Waals surface area contributed by atoms with Gasteiger partial charge in [-0.2, -0.15) is 0 Å². The van der Waals surface area contributed by atoms with Crippen LogP contribution in [0.3, 0.4) is 0 Å². The topological polar surface area (TPSA) is 56.7 Å². The molecule has 0 spiro atoms. The van der Waals surface area contributed by atoms with Crippen LogP contribution in [0.1, 0.15) is 0 Å². The van der Waals surface area contributed by atoms with Gasteiger partial charge in [-0.15, -0.1) is 0 Å². The van der Waals surface area contributed by atoms with E-state index in [4.69, 9.17) is 19.4 Å². The predicted octanol–water partition coefficient (Wildman–Crippen LogP) is 15.5. The second-order valence-corrected chi connectivity index (χ2v) is 16.4. The Morgan fingerprint density at radius 2 is 0.891 bits per heavy atom. The Balaban J connectivity index is 1.15. The zero-order chi connectivity index (χ0) is 42.1. The van der Waals surface area contributed by atoms with Crippen molar-refractivity contribution in [1.29, 1.82) is 0 Å². The number of rotatable bonds is 6. The Labute approximate surface area is 368 Å². The van der Waals surface area contributed by atoms with E-state index >= 15 is 0 Å². The van der Waals surface area contributed by atoms with E-state index in [9.17, 15) is 0 Å². The number of nitrogens with zero attached hydrogens (tertiary/aromatic N) is 4. The van der Waals surface area contributed by atoms with E-state index in [-0.39, 0.29) is 0 Å². The summed E-state index contributed by atoms with van der Waals surface area (Å²) in [4.78, 5) is 15.9. The molecule has 0 fully saturated rings. The zero-order valence-corrected chi connectivity index (χ0v) is 34.5. The van der Waals surface area contributed by atoms with Crippen molar-refractivity contribution < 1.29 is 4.42 Å². The summed E-state index contributed by atoms with van der Waals surface area (Å²) in [6, 6.07) is 77.2. The van der Waals surface area contributed by atoms with Crippen LogP contribution < -0.4 is 0 Å². The van der Waals surface area contributed by atoms with Gasteiger partial charge in [0.1, 0.15) is 11.2 Å². The van der Waals surface area contributed by atoms with Crippen molar-refractivity contribution in [1.82, 2.24) is 19.5 Å². The maximum Gasteiger partial charge on any atom is 0.164 e. The molecule has 0 aliphatic heterocycles. The minimum absolute atomic E-state index is 0.584. The standard InChI is InChI=1S/C59H36N4O/c1-4-16-37(17-5-1)47-36-53(63-52-34-42-24-11-10-23-41(42)32-49(52)46-30-28-39-20-12-13-25-44(39)56(46)63)48(38-18-6-2-7-19-38)35-51(47)59-61-57(40-21-8-3-9-22-40)60-58(62-59)43-29-31-55-50(33-43)45-26-14-15-27-54(45)64-55/h1-36H. The van der Waals surface area contributed by atoms with E-state index in [1.807, 2.05) is 48.5 Å². The third-order valence-corrected chi connectivity index (χ3v) is 12.6. The molecule has 0 bridgehead atoms. The second kappa shape index (κ2) is 14.5. The highest BCUT2D eigenvalue weighted by Gasteiger charge is 2.24. The SMILES string of the molecule is c1ccc(-c2nc(-c3ccc4oc5ccccc5c4c3)nc(-c3cc(-c4ccccc4)c(-n4c5cc6ccccc6cc5c5ccc6ccccc6c54)cc3-c3ccccc3)n2)cc1. The highest BCUT2D eigenvalue weighted by molar-refractivity contribution is 6.21. The van der Waals surface area contributed by atoms with E-state index in [0.717, 1.165) is 72.1 Å². The van der Waals surface area contributed by atoms with E-state index in [2.05, 4.69) is 174 Å². The van der Waals surface area contributed by atoms with Crippen molar-refractivity contribution in [2.24, 2.45) is 0 Å². The first-order valence-corrected chi connectivity index (χ1v) is 21.6. The zero-order valence-electron chi connectivity index (χ0n) is 34.5. The van der Waals surface area contributed by atoms with Crippen LogP contribution in [-0.4, -0.2) is 19.5 Å². The molecule has 0 radical (unpaired) electrons. The van der Waals surface area contributed by atoms with Crippen molar-refractivity contribution in [3.05, 3.63) is 218 Å². The molecule has 0 atom stereocenters. The Bertz CT molecular complexity index is 3950. The Kier molecular flexibility index (Phi) is 8.15. The van der Waals surface area contributed by atoms with Crippen molar-refractivity contribution in [3.63, 3.8) is 0 Å². The monoisotopic (exact) mass is 816 g/mol. The third-order valence-electron chi connectivity index (χ3n) is 12.6. The molecule has 13 aromatic rings. The Hall–Kier alpha value is -8.67. The number of aromatic nitrogens is 4. The molecule has 0 saturated heterocycles. The molecule has 0 aliphatic rings. The average molecular weight is 817 g/mol. The van der Waals surface area contributed by atoms with Crippen LogP contribution in [0.25, 0.3) is 127 Å². The highest BCUT2D eigenvalue weighted by atomic mass is 16.3. The number of furan rings is 1. The number of fused-ring (bicyclic) bond motifs is 9. The minimum atomic E-state index is 0.584. The van der Waals surface area contributed by atoms with Gasteiger partial charge in [0.2, 0.25) is 0 Å². The van der Waals surface area contributed by atoms with Crippen LogP contribution in [0.2, 0.25) is 0 Å². The van der Waals surface area contributed by atoms with Crippen LogP contribution in [0.4, 0.5) is 0 Å². The first-order chi connectivity index (χ1) is 31.7. The van der Waals surface area contributed by atoms with Crippen molar-refractivity contribution in [2.75, 3.05) is 0 Å². The molecule has 298 valence electrons. The molecule has 0 aliphatic carbocycles. The van der Waals surface area contributed by atoms with Gasteiger partial charge in [-0.3, -0.25) is 0 Å². The van der Waals surface area contributed by atoms with Gasteiger partial charge < -0.3 is 8.98 Å². The number of hydrogen-bond acceptors (Lipinski definition) is 4. The lowest BCUT2D eigenvalue weighted by molar-refractivity contribution is 0.669. The second-order valence-electron chi connectivity index (χ2n) is 16.4. The van der Waals surface area contributed by atoms with Crippen LogP contribution in [0.15, 0.2) is 223 Å². The largest absolute Gasteiger partial charge is 0.456 e. The van der Waals surface area contributed by atoms with E-state index in [1.54, 1.807) is 0 Å². The summed E-state index contributed by atoms with van der Waals surface area (Å²) in [5, 5.41) is 9.28. The van der Waals surface area contributed by atoms with Crippen LogP contribution in [0, 0.1) is 0 Å². The molecular weight excluding hydrogens is 781 g/mol. The van der Waals surface area contributed by atoms with Gasteiger partial charge in [0.25, 0.3) is 0 Å². The first-order valence-electron chi connectivity index (χ1n) is 21.6. The molecule has 3 heterocycles. The highest BCUT2D eigenvalue weighted by Crippen LogP contribution is 2.45. The van der Waals surface area contributed by atoms with Gasteiger partial charge in [0.05, 0.1) is 16.7 Å². The van der Waals surface area contributed by atoms with Crippen molar-refractivity contribution >= 4 is 65.3 Å². The first kappa shape index (κ1) is 36.0. The Morgan fingerprint density at radius 3 is 1.64 bits per heavy atom. The summed E-state index contributed by atoms with van der Waals surface area (Å²) in [5.74, 6) is 1.77. The summed E-state index contributed by atoms with van der Waals surface area (Å²) in [6.07, 6.45) is 0. The molecule has 0 N–H and O–H groups in total. The molecule has 64 heavy (non-hydrogen) atoms. The lowest BCUT2D eigenvalue weighted by Gasteiger charge is -2.20. The van der Waals surface area contributed by atoms with Crippen molar-refractivity contribution in [3.8, 4) is 62.1 Å². The molecule has 0 amide bonds. The molecular formula is C59H36N4O. The van der Waals surface area contributed by atoms with Crippen LogP contribution in [-0.2, 0) is 0 Å². The summed E-state index contributed by atoms with van der Waals surface area (Å²) in [7, 11) is 0. The fraction of sp³-hybridized carbons (Fsp3) is 0. The van der Waals surface area contributed by atoms with E-state index < -0.39 is 0 Å². The predicted molar refractivity (Wildman–Crippen MR) is 264 cm³/mol. The summed E-state index contributed by atoms with van der Waals surface area (Å²) in [5.41, 5.74) is 12.0. The number of para-hydroxylation sites is 1. The van der Waals surface area contributed by atoms with Gasteiger partial charge in [-0.25, -0.2) is 15.0 Å². The summed E-state index contributed by atoms with van der Waals surface area (Å²) < 4.78 is 8.73. The molecule has 10 aromatic carbocycles. The number of hydrogen-bond donors (Lipinski definition) is 0. The molecule has 5 nitrogen and oxygen atoms in total. The fourth-order valence-corrected chi connectivity index (χ4v) is 9.58. The molecule has 13 rings (SSSR count).